The molecule has 0 fully saturated rings. The zero-order valence-corrected chi connectivity index (χ0v) is 30.6. The molecular formula is C30H21N12O12Pu-3. The molecule has 24 nitrogen and oxygen atoms in total. The summed E-state index contributed by atoms with van der Waals surface area (Å²) in [5, 5.41) is 54.8. The second-order valence-electron chi connectivity index (χ2n) is 8.32. The van der Waals surface area contributed by atoms with E-state index < -0.39 is 35.8 Å². The smallest absolute Gasteiger partial charge is 0.356 e. The average molecular weight is 986 g/mol. The van der Waals surface area contributed by atoms with E-state index in [1.807, 2.05) is 0 Å². The number of aromatic nitrogens is 12. The van der Waals surface area contributed by atoms with Gasteiger partial charge >= 0.3 is 17.9 Å². The predicted octanol–water partition coefficient (Wildman–Crippen LogP) is -2.96. The topological polar surface area (TPSA) is 387 Å². The molecule has 0 saturated heterocycles. The zero-order chi connectivity index (χ0) is 40.1. The Morgan fingerprint density at radius 3 is 0.564 bits per heavy atom. The first-order valence-electron chi connectivity index (χ1n) is 13.7. The first kappa shape index (κ1) is 47.3. The van der Waals surface area contributed by atoms with Crippen LogP contribution in [0.25, 0.3) is 0 Å². The molecule has 0 atom stereocenters. The molecule has 0 aromatic carbocycles. The minimum atomic E-state index is -1.30. The number of carbonyl (C=O) groups is 6. The van der Waals surface area contributed by atoms with E-state index in [0.29, 0.717) is 0 Å². The van der Waals surface area contributed by atoms with E-state index in [-0.39, 0.29) is 63.3 Å². The summed E-state index contributed by atoms with van der Waals surface area (Å²) in [5.41, 5.74) is -0.514. The molecule has 0 amide bonds. The van der Waals surface area contributed by atoms with Crippen molar-refractivity contribution in [2.45, 2.75) is 0 Å². The van der Waals surface area contributed by atoms with Gasteiger partial charge in [0.15, 0.2) is 17.1 Å². The summed E-state index contributed by atoms with van der Waals surface area (Å²) in [7, 11) is 0. The molecule has 0 bridgehead atoms. The molecule has 6 heterocycles. The number of carbonyl (C=O) groups excluding carboxylic acids is 3. The van der Waals surface area contributed by atoms with Gasteiger partial charge in [0.2, 0.25) is 0 Å². The van der Waals surface area contributed by atoms with Crippen LogP contribution < -0.4 is 15.3 Å². The minimum Gasteiger partial charge on any atom is -0.543 e. The first-order valence-corrected chi connectivity index (χ1v) is 13.7. The van der Waals surface area contributed by atoms with Crippen LogP contribution in [0.2, 0.25) is 0 Å². The van der Waals surface area contributed by atoms with Crippen LogP contribution in [-0.4, -0.2) is 111 Å². The quantitative estimate of drug-likeness (QED) is 0.150. The Morgan fingerprint density at radius 1 is 0.327 bits per heavy atom. The molecule has 0 unspecified atom stereocenters. The maximum Gasteiger partial charge on any atom is 0.356 e. The number of aromatic carboxylic acids is 6. The van der Waals surface area contributed by atoms with Crippen LogP contribution in [-0.2, 0) is 0 Å². The molecule has 0 aliphatic rings. The number of carboxylic acids is 6. The Balaban J connectivity index is 0.000000634. The summed E-state index contributed by atoms with van der Waals surface area (Å²) in [6.07, 6.45) is 23.3. The largest absolute Gasteiger partial charge is 0.543 e. The van der Waals surface area contributed by atoms with Crippen LogP contribution in [0.1, 0.15) is 62.9 Å². The summed E-state index contributed by atoms with van der Waals surface area (Å²) in [4.78, 5) is 102. The first-order chi connectivity index (χ1) is 25.8. The van der Waals surface area contributed by atoms with Gasteiger partial charge in [-0.05, 0) is 0 Å². The minimum absolute atomic E-state index is 0. The summed E-state index contributed by atoms with van der Waals surface area (Å²) in [6.45, 7) is 0. The van der Waals surface area contributed by atoms with Crippen LogP contribution in [0.5, 0.6) is 0 Å². The molecule has 3 N–H and O–H groups in total. The number of rotatable bonds is 6. The summed E-state index contributed by atoms with van der Waals surface area (Å²) >= 11 is 0. The third kappa shape index (κ3) is 22.0. The Labute approximate surface area is 328 Å². The molecule has 0 saturated carbocycles. The standard InChI is InChI=1S/6C5H4N2O2.Pu/c6*8-5(9)4-3-6-1-2-7-4;/h6*1-3H,(H,8,9);/p-3. The maximum atomic E-state index is 10.1. The monoisotopic (exact) mass is 979 g/mol. The van der Waals surface area contributed by atoms with Gasteiger partial charge in [-0.3, -0.25) is 44.9 Å². The van der Waals surface area contributed by atoms with E-state index in [1.54, 1.807) is 0 Å². The van der Waals surface area contributed by atoms with E-state index in [0.717, 1.165) is 18.6 Å². The number of nitrogens with zero attached hydrogens (tertiary/aromatic N) is 12. The van der Waals surface area contributed by atoms with Crippen LogP contribution in [0.15, 0.2) is 112 Å². The molecule has 0 radical (unpaired) electrons. The predicted molar refractivity (Wildman–Crippen MR) is 166 cm³/mol. The van der Waals surface area contributed by atoms with Crippen molar-refractivity contribution in [1.29, 1.82) is 0 Å². The van der Waals surface area contributed by atoms with Gasteiger partial charge < -0.3 is 45.0 Å². The van der Waals surface area contributed by atoms with Crippen molar-refractivity contribution in [3.05, 3.63) is 146 Å². The van der Waals surface area contributed by atoms with Gasteiger partial charge in [0.05, 0.1) is 55.1 Å². The molecule has 0 aliphatic heterocycles. The van der Waals surface area contributed by atoms with E-state index in [2.05, 4.69) is 59.8 Å². The fourth-order valence-corrected chi connectivity index (χ4v) is 2.44. The third-order valence-corrected chi connectivity index (χ3v) is 4.66. The van der Waals surface area contributed by atoms with E-state index in [4.69, 9.17) is 15.3 Å². The van der Waals surface area contributed by atoms with Gasteiger partial charge in [0.1, 0.15) is 17.1 Å². The zero-order valence-electron chi connectivity index (χ0n) is 27.2. The number of hydrogen-bond donors (Lipinski definition) is 3. The van der Waals surface area contributed by atoms with Crippen molar-refractivity contribution >= 4 is 35.8 Å². The molecule has 55 heavy (non-hydrogen) atoms. The SMILES string of the molecule is O=C(O)c1cnccn1.O=C(O)c1cnccn1.O=C(O)c1cnccn1.O=C([O-])c1cnccn1.O=C([O-])c1cnccn1.O=C([O-])c1cnccn1.[Pu]. The van der Waals surface area contributed by atoms with Crippen molar-refractivity contribution < 1.29 is 88.6 Å². The fourth-order valence-electron chi connectivity index (χ4n) is 2.44. The van der Waals surface area contributed by atoms with Gasteiger partial charge in [-0.25, -0.2) is 29.3 Å². The van der Waals surface area contributed by atoms with Crippen LogP contribution in [0, 0.1) is 29.2 Å². The molecule has 6 aromatic rings. The average Bonchev–Trinajstić information content (AvgIpc) is 3.21. The molecule has 6 rings (SSSR count). The van der Waals surface area contributed by atoms with E-state index in [1.165, 1.54) is 93.0 Å². The van der Waals surface area contributed by atoms with Gasteiger partial charge in [-0.1, -0.05) is 0 Å². The molecule has 25 heteroatoms. The van der Waals surface area contributed by atoms with Gasteiger partial charge in [0.25, 0.3) is 0 Å². The van der Waals surface area contributed by atoms with Crippen LogP contribution in [0.4, 0.5) is 0 Å². The molecule has 6 aromatic heterocycles. The Morgan fingerprint density at radius 2 is 0.491 bits per heavy atom. The number of carboxylic acid groups (broad SMARTS) is 6. The third-order valence-electron chi connectivity index (χ3n) is 4.66. The second-order valence-corrected chi connectivity index (χ2v) is 8.32. The van der Waals surface area contributed by atoms with Crippen molar-refractivity contribution in [2.24, 2.45) is 0 Å². The van der Waals surface area contributed by atoms with Gasteiger partial charge in [-0.2, -0.15) is 0 Å². The molecule has 0 spiro atoms. The van der Waals surface area contributed by atoms with E-state index >= 15 is 0 Å². The molecular weight excluding hydrogens is 964 g/mol. The van der Waals surface area contributed by atoms with E-state index in [9.17, 15) is 44.1 Å². The van der Waals surface area contributed by atoms with Crippen LogP contribution in [0.3, 0.4) is 0 Å². The van der Waals surface area contributed by atoms with Crippen molar-refractivity contribution in [3.63, 3.8) is 0 Å². The summed E-state index contributed by atoms with van der Waals surface area (Å²) < 4.78 is 0. The Kier molecular flexibility index (Phi) is 24.0. The normalized spacial score (nSPS) is 8.73. The van der Waals surface area contributed by atoms with Crippen molar-refractivity contribution in [1.82, 2.24) is 59.8 Å². The second kappa shape index (κ2) is 27.9. The number of hydrogen-bond acceptors (Lipinski definition) is 21. The Bertz CT molecular complexity index is 1650. The van der Waals surface area contributed by atoms with Crippen molar-refractivity contribution in [3.8, 4) is 0 Å². The summed E-state index contributed by atoms with van der Waals surface area (Å²) in [5.74, 6) is -7.07. The molecule has 282 valence electrons. The molecule has 0 aliphatic carbocycles. The van der Waals surface area contributed by atoms with Crippen molar-refractivity contribution in [2.75, 3.05) is 0 Å². The van der Waals surface area contributed by atoms with Gasteiger partial charge in [0, 0.05) is 104 Å². The van der Waals surface area contributed by atoms with Crippen LogP contribution >= 0.6 is 0 Å². The fraction of sp³-hybridized carbons (Fsp3) is 0. The van der Waals surface area contributed by atoms with Gasteiger partial charge in [-0.15, -0.1) is 0 Å². The maximum absolute atomic E-state index is 10.1. The Hall–Kier alpha value is -7.71. The summed E-state index contributed by atoms with van der Waals surface area (Å²) in [6, 6.07) is 0.